The maximum atomic E-state index is 13.8. The number of hydrogen-bond acceptors (Lipinski definition) is 4. The number of carbonyl (C=O) groups is 3. The van der Waals surface area contributed by atoms with Crippen LogP contribution < -0.4 is 5.32 Å². The first-order chi connectivity index (χ1) is 18.3. The zero-order chi connectivity index (χ0) is 26.8. The van der Waals surface area contributed by atoms with Crippen molar-refractivity contribution in [3.8, 4) is 11.1 Å². The Morgan fingerprint density at radius 3 is 2.53 bits per heavy atom. The number of aryl methyl sites for hydroxylation is 1. The molecule has 3 amide bonds. The van der Waals surface area contributed by atoms with Gasteiger partial charge in [0.05, 0.1) is 0 Å². The van der Waals surface area contributed by atoms with Gasteiger partial charge in [0.2, 0.25) is 11.8 Å². The van der Waals surface area contributed by atoms with E-state index in [0.29, 0.717) is 31.6 Å². The highest BCUT2D eigenvalue weighted by atomic mass is 16.2. The molecule has 0 radical (unpaired) electrons. The summed E-state index contributed by atoms with van der Waals surface area (Å²) in [6.07, 6.45) is 5.02. The Hall–Kier alpha value is -4.00. The molecule has 196 valence electrons. The second kappa shape index (κ2) is 10.8. The third-order valence-corrected chi connectivity index (χ3v) is 7.66. The highest BCUT2D eigenvalue weighted by molar-refractivity contribution is 6.01. The summed E-state index contributed by atoms with van der Waals surface area (Å²) in [5.74, 6) is -0.481. The normalized spacial score (nSPS) is 17.6. The van der Waals surface area contributed by atoms with Gasteiger partial charge in [-0.2, -0.15) is 0 Å². The van der Waals surface area contributed by atoms with Crippen LogP contribution in [0.25, 0.3) is 11.1 Å². The minimum atomic E-state index is -0.604. The van der Waals surface area contributed by atoms with Gasteiger partial charge in [-0.25, -0.2) is 0 Å². The van der Waals surface area contributed by atoms with Gasteiger partial charge >= 0.3 is 0 Å². The molecule has 0 bridgehead atoms. The number of nitrogens with zero attached hydrogens (tertiary/aromatic N) is 3. The van der Waals surface area contributed by atoms with Crippen LogP contribution in [0.15, 0.2) is 67.0 Å². The third-order valence-electron chi connectivity index (χ3n) is 7.66. The number of amides is 3. The van der Waals surface area contributed by atoms with Crippen molar-refractivity contribution in [2.24, 2.45) is 5.92 Å². The molecular weight excluding hydrogens is 476 g/mol. The quantitative estimate of drug-likeness (QED) is 0.513. The Bertz CT molecular complexity index is 1350. The van der Waals surface area contributed by atoms with E-state index in [1.54, 1.807) is 16.0 Å². The average molecular weight is 511 g/mol. The summed E-state index contributed by atoms with van der Waals surface area (Å²) in [4.78, 5) is 47.7. The Morgan fingerprint density at radius 2 is 1.82 bits per heavy atom. The zero-order valence-corrected chi connectivity index (χ0v) is 22.2. The molecule has 2 aliphatic heterocycles. The predicted octanol–water partition coefficient (Wildman–Crippen LogP) is 4.34. The maximum absolute atomic E-state index is 13.8. The number of hydrogen-bond donors (Lipinski definition) is 1. The average Bonchev–Trinajstić information content (AvgIpc) is 3.53. The SMILES string of the molecule is Cc1cnccc1-c1ccc(CNC(=O)C2CCCN2C(=O)C(C(C)C)N2Cc3ccccc3C2=O)cc1. The fraction of sp³-hybridized carbons (Fsp3) is 0.355. The van der Waals surface area contributed by atoms with Gasteiger partial charge < -0.3 is 15.1 Å². The van der Waals surface area contributed by atoms with E-state index < -0.39 is 12.1 Å². The number of likely N-dealkylation sites (tertiary alicyclic amines) is 1. The van der Waals surface area contributed by atoms with E-state index >= 15 is 0 Å². The third kappa shape index (κ3) is 4.93. The van der Waals surface area contributed by atoms with Crippen molar-refractivity contribution in [2.75, 3.05) is 6.54 Å². The van der Waals surface area contributed by atoms with Crippen molar-refractivity contribution in [2.45, 2.75) is 58.8 Å². The highest BCUT2D eigenvalue weighted by Gasteiger charge is 2.43. The first kappa shape index (κ1) is 25.6. The molecule has 0 spiro atoms. The lowest BCUT2D eigenvalue weighted by molar-refractivity contribution is -0.143. The Morgan fingerprint density at radius 1 is 1.05 bits per heavy atom. The van der Waals surface area contributed by atoms with Crippen LogP contribution in [0, 0.1) is 12.8 Å². The zero-order valence-electron chi connectivity index (χ0n) is 22.2. The summed E-state index contributed by atoms with van der Waals surface area (Å²) in [6.45, 7) is 7.29. The molecule has 2 unspecified atom stereocenters. The summed E-state index contributed by atoms with van der Waals surface area (Å²) >= 11 is 0. The summed E-state index contributed by atoms with van der Waals surface area (Å²) < 4.78 is 0. The van der Waals surface area contributed by atoms with Crippen LogP contribution in [0.5, 0.6) is 0 Å². The second-order valence-electron chi connectivity index (χ2n) is 10.6. The molecule has 1 saturated heterocycles. The van der Waals surface area contributed by atoms with E-state index in [4.69, 9.17) is 0 Å². The van der Waals surface area contributed by atoms with Gasteiger partial charge in [0.25, 0.3) is 5.91 Å². The van der Waals surface area contributed by atoms with Crippen LogP contribution >= 0.6 is 0 Å². The molecule has 5 rings (SSSR count). The first-order valence-electron chi connectivity index (χ1n) is 13.3. The number of fused-ring (bicyclic) bond motifs is 1. The molecule has 1 N–H and O–H groups in total. The van der Waals surface area contributed by atoms with E-state index in [0.717, 1.165) is 34.2 Å². The standard InChI is InChI=1S/C31H34N4O3/c1-20(2)28(35-19-24-7-4-5-8-26(24)30(35)37)31(38)34-16-6-9-27(34)29(36)33-18-22-10-12-23(13-11-22)25-14-15-32-17-21(25)3/h4-5,7-8,10-15,17,20,27-28H,6,9,16,18-19H2,1-3H3,(H,33,36). The van der Waals surface area contributed by atoms with Gasteiger partial charge in [0.15, 0.2) is 0 Å². The molecule has 2 atom stereocenters. The molecule has 7 nitrogen and oxygen atoms in total. The molecule has 0 aliphatic carbocycles. The largest absolute Gasteiger partial charge is 0.350 e. The van der Waals surface area contributed by atoms with Crippen LogP contribution in [-0.4, -0.2) is 51.1 Å². The molecule has 1 aromatic heterocycles. The monoisotopic (exact) mass is 510 g/mol. The minimum absolute atomic E-state index is 0.0763. The van der Waals surface area contributed by atoms with Crippen molar-refractivity contribution in [3.05, 3.63) is 89.2 Å². The lowest BCUT2D eigenvalue weighted by atomic mass is 10.00. The molecule has 38 heavy (non-hydrogen) atoms. The first-order valence-corrected chi connectivity index (χ1v) is 13.3. The Balaban J connectivity index is 1.24. The Kier molecular flexibility index (Phi) is 7.27. The molecule has 2 aliphatic rings. The van der Waals surface area contributed by atoms with Gasteiger partial charge in [-0.1, -0.05) is 56.3 Å². The van der Waals surface area contributed by atoms with Crippen LogP contribution in [0.1, 0.15) is 53.7 Å². The van der Waals surface area contributed by atoms with Gasteiger partial charge in [0.1, 0.15) is 12.1 Å². The van der Waals surface area contributed by atoms with Crippen molar-refractivity contribution in [1.29, 1.82) is 0 Å². The minimum Gasteiger partial charge on any atom is -0.350 e. The number of rotatable bonds is 7. The molecule has 1 fully saturated rings. The van der Waals surface area contributed by atoms with Gasteiger partial charge in [-0.3, -0.25) is 19.4 Å². The number of pyridine rings is 1. The van der Waals surface area contributed by atoms with E-state index in [1.165, 1.54) is 0 Å². The maximum Gasteiger partial charge on any atom is 0.255 e. The summed E-state index contributed by atoms with van der Waals surface area (Å²) in [5.41, 5.74) is 5.94. The van der Waals surface area contributed by atoms with E-state index in [9.17, 15) is 14.4 Å². The smallest absolute Gasteiger partial charge is 0.255 e. The molecule has 3 heterocycles. The van der Waals surface area contributed by atoms with E-state index in [1.807, 2.05) is 81.6 Å². The number of benzene rings is 2. The van der Waals surface area contributed by atoms with Crippen LogP contribution in [0.4, 0.5) is 0 Å². The van der Waals surface area contributed by atoms with Gasteiger partial charge in [-0.15, -0.1) is 0 Å². The molecular formula is C31H34N4O3. The van der Waals surface area contributed by atoms with Crippen LogP contribution in [-0.2, 0) is 22.7 Å². The number of carbonyl (C=O) groups excluding carboxylic acids is 3. The van der Waals surface area contributed by atoms with E-state index in [2.05, 4.69) is 10.3 Å². The molecule has 3 aromatic rings. The van der Waals surface area contributed by atoms with Crippen LogP contribution in [0.2, 0.25) is 0 Å². The number of aromatic nitrogens is 1. The molecule has 0 saturated carbocycles. The fourth-order valence-electron chi connectivity index (χ4n) is 5.66. The van der Waals surface area contributed by atoms with E-state index in [-0.39, 0.29) is 23.6 Å². The molecule has 2 aromatic carbocycles. The summed E-state index contributed by atoms with van der Waals surface area (Å²) in [5, 5.41) is 3.03. The van der Waals surface area contributed by atoms with Gasteiger partial charge in [-0.05, 0) is 65.6 Å². The van der Waals surface area contributed by atoms with Crippen molar-refractivity contribution < 1.29 is 14.4 Å². The summed E-state index contributed by atoms with van der Waals surface area (Å²) in [6, 6.07) is 16.5. The van der Waals surface area contributed by atoms with Crippen molar-refractivity contribution in [3.63, 3.8) is 0 Å². The Labute approximate surface area is 223 Å². The highest BCUT2D eigenvalue weighted by Crippen LogP contribution is 2.30. The van der Waals surface area contributed by atoms with Crippen LogP contribution in [0.3, 0.4) is 0 Å². The number of nitrogens with one attached hydrogen (secondary N) is 1. The van der Waals surface area contributed by atoms with Crippen molar-refractivity contribution in [1.82, 2.24) is 20.1 Å². The second-order valence-corrected chi connectivity index (χ2v) is 10.6. The topological polar surface area (TPSA) is 82.6 Å². The fourth-order valence-corrected chi connectivity index (χ4v) is 5.66. The van der Waals surface area contributed by atoms with Crippen molar-refractivity contribution >= 4 is 17.7 Å². The molecule has 7 heteroatoms. The lowest BCUT2D eigenvalue weighted by Crippen LogP contribution is -2.55. The summed E-state index contributed by atoms with van der Waals surface area (Å²) in [7, 11) is 0. The van der Waals surface area contributed by atoms with Gasteiger partial charge in [0, 0.05) is 37.6 Å². The lowest BCUT2D eigenvalue weighted by Gasteiger charge is -2.35. The predicted molar refractivity (Wildman–Crippen MR) is 146 cm³/mol.